The highest BCUT2D eigenvalue weighted by Gasteiger charge is 2.27. The highest BCUT2D eigenvalue weighted by molar-refractivity contribution is 5.71. The van der Waals surface area contributed by atoms with Crippen molar-refractivity contribution in [2.24, 2.45) is 0 Å². The van der Waals surface area contributed by atoms with Crippen LogP contribution in [-0.4, -0.2) is 50.7 Å². The number of epoxide rings is 2. The van der Waals surface area contributed by atoms with E-state index in [2.05, 4.69) is 32.0 Å². The molecule has 6 nitrogen and oxygen atoms in total. The van der Waals surface area contributed by atoms with Crippen molar-refractivity contribution in [2.45, 2.75) is 76.1 Å². The summed E-state index contributed by atoms with van der Waals surface area (Å²) in [7, 11) is 0. The number of ether oxygens (including phenoxy) is 5. The average molecular weight is 481 g/mol. The predicted octanol–water partition coefficient (Wildman–Crippen LogP) is 5.31. The first kappa shape index (κ1) is 24.1. The molecular formula is C29H36O6. The molecule has 2 aromatic carbocycles. The number of rotatable bonds is 11. The number of carbonyl (C=O) groups is 1. The summed E-state index contributed by atoms with van der Waals surface area (Å²) in [6, 6.07) is 14.5. The fraction of sp³-hybridized carbons (Fsp3) is 0.552. The maximum Gasteiger partial charge on any atom is 0.306 e. The molecule has 6 heteroatoms. The van der Waals surface area contributed by atoms with E-state index in [1.807, 2.05) is 24.3 Å². The standard InChI is InChI=1S/C29H36O6/c1-19-13-25(32-16-27-18-34-27)11-12-28(19)20(2)14-29(30)35-24-9-5-22(6-10-24)21-3-7-23(8-4-21)31-15-26-17-33-26/h3-4,7-8,11-13,20,22,24,26-27H,5-6,9-10,14-18H2,1-2H3. The molecule has 2 aliphatic heterocycles. The third kappa shape index (κ3) is 6.98. The van der Waals surface area contributed by atoms with E-state index >= 15 is 0 Å². The summed E-state index contributed by atoms with van der Waals surface area (Å²) in [5.41, 5.74) is 3.64. The number of esters is 1. The summed E-state index contributed by atoms with van der Waals surface area (Å²) in [5, 5.41) is 0. The molecule has 1 aliphatic carbocycles. The molecule has 0 aromatic heterocycles. The summed E-state index contributed by atoms with van der Waals surface area (Å²) < 4.78 is 27.8. The van der Waals surface area contributed by atoms with Gasteiger partial charge in [-0.05, 0) is 85.4 Å². The molecule has 35 heavy (non-hydrogen) atoms. The number of hydrogen-bond acceptors (Lipinski definition) is 6. The van der Waals surface area contributed by atoms with Crippen molar-refractivity contribution in [2.75, 3.05) is 26.4 Å². The van der Waals surface area contributed by atoms with E-state index in [0.717, 1.165) is 61.5 Å². The molecule has 2 heterocycles. The number of hydrogen-bond donors (Lipinski definition) is 0. The van der Waals surface area contributed by atoms with Crippen LogP contribution in [0.4, 0.5) is 0 Å². The molecule has 5 rings (SSSR count). The van der Waals surface area contributed by atoms with Gasteiger partial charge < -0.3 is 23.7 Å². The summed E-state index contributed by atoms with van der Waals surface area (Å²) in [4.78, 5) is 12.7. The highest BCUT2D eigenvalue weighted by atomic mass is 16.6. The van der Waals surface area contributed by atoms with Crippen molar-refractivity contribution >= 4 is 5.97 Å². The molecule has 0 amide bonds. The van der Waals surface area contributed by atoms with Gasteiger partial charge in [0.05, 0.1) is 19.6 Å². The third-order valence-electron chi connectivity index (χ3n) is 7.25. The lowest BCUT2D eigenvalue weighted by atomic mass is 9.82. The molecule has 0 N–H and O–H groups in total. The normalized spacial score (nSPS) is 26.0. The Bertz CT molecular complexity index is 987. The molecule has 3 fully saturated rings. The Morgan fingerprint density at radius 1 is 0.914 bits per heavy atom. The van der Waals surface area contributed by atoms with Gasteiger partial charge in [-0.3, -0.25) is 4.79 Å². The Balaban J connectivity index is 1.04. The van der Waals surface area contributed by atoms with Crippen LogP contribution in [-0.2, 0) is 19.0 Å². The molecule has 3 atom stereocenters. The number of carbonyl (C=O) groups excluding carboxylic acids is 1. The van der Waals surface area contributed by atoms with E-state index in [0.29, 0.717) is 25.6 Å². The van der Waals surface area contributed by atoms with Gasteiger partial charge in [-0.1, -0.05) is 25.1 Å². The van der Waals surface area contributed by atoms with Crippen molar-refractivity contribution < 1.29 is 28.5 Å². The first-order chi connectivity index (χ1) is 17.0. The smallest absolute Gasteiger partial charge is 0.306 e. The van der Waals surface area contributed by atoms with Crippen LogP contribution in [0.15, 0.2) is 42.5 Å². The second kappa shape index (κ2) is 11.0. The van der Waals surface area contributed by atoms with Crippen molar-refractivity contribution in [1.82, 2.24) is 0 Å². The van der Waals surface area contributed by atoms with Crippen LogP contribution >= 0.6 is 0 Å². The zero-order chi connectivity index (χ0) is 24.2. The molecule has 188 valence electrons. The van der Waals surface area contributed by atoms with Gasteiger partial charge >= 0.3 is 5.97 Å². The Hall–Kier alpha value is -2.57. The fourth-order valence-corrected chi connectivity index (χ4v) is 4.94. The fourth-order valence-electron chi connectivity index (χ4n) is 4.94. The first-order valence-electron chi connectivity index (χ1n) is 12.9. The van der Waals surface area contributed by atoms with Crippen LogP contribution in [0.1, 0.15) is 67.6 Å². The minimum absolute atomic E-state index is 0.0219. The molecular weight excluding hydrogens is 444 g/mol. The Morgan fingerprint density at radius 2 is 1.51 bits per heavy atom. The summed E-state index contributed by atoms with van der Waals surface area (Å²) in [5.74, 6) is 2.26. The zero-order valence-electron chi connectivity index (χ0n) is 20.7. The van der Waals surface area contributed by atoms with Crippen molar-refractivity contribution in [3.05, 3.63) is 59.2 Å². The maximum atomic E-state index is 12.7. The van der Waals surface area contributed by atoms with E-state index in [4.69, 9.17) is 23.7 Å². The zero-order valence-corrected chi connectivity index (χ0v) is 20.7. The molecule has 1 saturated carbocycles. The van der Waals surface area contributed by atoms with Gasteiger partial charge in [0.1, 0.15) is 43.0 Å². The molecule has 0 bridgehead atoms. The first-order valence-corrected chi connectivity index (χ1v) is 12.9. The van der Waals surface area contributed by atoms with Crippen molar-refractivity contribution in [1.29, 1.82) is 0 Å². The highest BCUT2D eigenvalue weighted by Crippen LogP contribution is 2.35. The molecule has 0 spiro atoms. The average Bonchev–Trinajstić information content (AvgIpc) is 3.78. The molecule has 3 unspecified atom stereocenters. The van der Waals surface area contributed by atoms with E-state index in [1.54, 1.807) is 0 Å². The molecule has 0 radical (unpaired) electrons. The van der Waals surface area contributed by atoms with Gasteiger partial charge in [-0.25, -0.2) is 0 Å². The quantitative estimate of drug-likeness (QED) is 0.321. The van der Waals surface area contributed by atoms with E-state index in [-0.39, 0.29) is 30.2 Å². The molecule has 3 aliphatic rings. The number of aryl methyl sites for hydroxylation is 1. The largest absolute Gasteiger partial charge is 0.491 e. The second-order valence-electron chi connectivity index (χ2n) is 10.2. The lowest BCUT2D eigenvalue weighted by molar-refractivity contribution is -0.151. The number of benzene rings is 2. The lowest BCUT2D eigenvalue weighted by Gasteiger charge is -2.29. The van der Waals surface area contributed by atoms with Gasteiger partial charge in [0.25, 0.3) is 0 Å². The predicted molar refractivity (Wildman–Crippen MR) is 132 cm³/mol. The van der Waals surface area contributed by atoms with Crippen molar-refractivity contribution in [3.8, 4) is 11.5 Å². The second-order valence-corrected chi connectivity index (χ2v) is 10.2. The monoisotopic (exact) mass is 480 g/mol. The molecule has 2 aromatic rings. The van der Waals surface area contributed by atoms with Crippen LogP contribution in [0.25, 0.3) is 0 Å². The van der Waals surface area contributed by atoms with Gasteiger partial charge in [-0.2, -0.15) is 0 Å². The minimum atomic E-state index is -0.104. The van der Waals surface area contributed by atoms with E-state index < -0.39 is 0 Å². The summed E-state index contributed by atoms with van der Waals surface area (Å²) >= 11 is 0. The summed E-state index contributed by atoms with van der Waals surface area (Å²) in [6.07, 6.45) is 4.83. The van der Waals surface area contributed by atoms with Crippen LogP contribution in [0.3, 0.4) is 0 Å². The lowest BCUT2D eigenvalue weighted by Crippen LogP contribution is -2.24. The minimum Gasteiger partial charge on any atom is -0.491 e. The van der Waals surface area contributed by atoms with Crippen LogP contribution in [0.2, 0.25) is 0 Å². The van der Waals surface area contributed by atoms with Gasteiger partial charge in [0, 0.05) is 0 Å². The SMILES string of the molecule is Cc1cc(OCC2CO2)ccc1C(C)CC(=O)OC1CCC(c2ccc(OCC3CO3)cc2)CC1. The van der Waals surface area contributed by atoms with Crippen LogP contribution in [0.5, 0.6) is 11.5 Å². The van der Waals surface area contributed by atoms with E-state index in [1.165, 1.54) is 5.56 Å². The van der Waals surface area contributed by atoms with Crippen molar-refractivity contribution in [3.63, 3.8) is 0 Å². The van der Waals surface area contributed by atoms with Gasteiger partial charge in [0.15, 0.2) is 0 Å². The van der Waals surface area contributed by atoms with Gasteiger partial charge in [-0.15, -0.1) is 0 Å². The van der Waals surface area contributed by atoms with Crippen LogP contribution in [0, 0.1) is 6.92 Å². The Kier molecular flexibility index (Phi) is 7.59. The van der Waals surface area contributed by atoms with E-state index in [9.17, 15) is 4.79 Å². The topological polar surface area (TPSA) is 69.8 Å². The Morgan fingerprint density at radius 3 is 2.11 bits per heavy atom. The maximum absolute atomic E-state index is 12.7. The summed E-state index contributed by atoms with van der Waals surface area (Å²) in [6.45, 7) is 6.98. The third-order valence-corrected chi connectivity index (χ3v) is 7.25. The van der Waals surface area contributed by atoms with Gasteiger partial charge in [0.2, 0.25) is 0 Å². The Labute approximate surface area is 207 Å². The molecule has 2 saturated heterocycles. The van der Waals surface area contributed by atoms with Crippen LogP contribution < -0.4 is 9.47 Å².